The Balaban J connectivity index is 1.86. The Hall–Kier alpha value is -2.50. The molecular formula is C16H19FN4O. The fourth-order valence-corrected chi connectivity index (χ4v) is 1.89. The van der Waals surface area contributed by atoms with Crippen molar-refractivity contribution < 1.29 is 9.18 Å². The van der Waals surface area contributed by atoms with Gasteiger partial charge in [-0.25, -0.2) is 14.4 Å². The number of halogens is 1. The van der Waals surface area contributed by atoms with Crippen LogP contribution in [-0.2, 0) is 6.42 Å². The molecule has 0 radical (unpaired) electrons. The normalized spacial score (nSPS) is 10.5. The molecule has 1 amide bonds. The van der Waals surface area contributed by atoms with Crippen LogP contribution in [0.2, 0.25) is 0 Å². The van der Waals surface area contributed by atoms with Gasteiger partial charge in [0.25, 0.3) is 5.91 Å². The molecule has 0 bridgehead atoms. The molecule has 5 nitrogen and oxygen atoms in total. The second-order valence-electron chi connectivity index (χ2n) is 5.19. The summed E-state index contributed by atoms with van der Waals surface area (Å²) < 4.78 is 13.4. The van der Waals surface area contributed by atoms with E-state index < -0.39 is 0 Å². The zero-order valence-corrected chi connectivity index (χ0v) is 12.6. The molecule has 2 N–H and O–H groups in total. The first-order valence-corrected chi connectivity index (χ1v) is 7.16. The van der Waals surface area contributed by atoms with Crippen molar-refractivity contribution in [2.75, 3.05) is 11.9 Å². The van der Waals surface area contributed by atoms with Gasteiger partial charge in [-0.05, 0) is 31.9 Å². The van der Waals surface area contributed by atoms with Gasteiger partial charge in [0.1, 0.15) is 5.82 Å². The van der Waals surface area contributed by atoms with Crippen molar-refractivity contribution in [1.82, 2.24) is 15.3 Å². The summed E-state index contributed by atoms with van der Waals surface area (Å²) in [5.41, 5.74) is 0.957. The van der Waals surface area contributed by atoms with Gasteiger partial charge in [0.05, 0.1) is 5.56 Å². The lowest BCUT2D eigenvalue weighted by Crippen LogP contribution is -2.26. The van der Waals surface area contributed by atoms with Crippen molar-refractivity contribution in [3.05, 3.63) is 53.6 Å². The number of carbonyl (C=O) groups excluding carboxylic acids is 1. The second-order valence-corrected chi connectivity index (χ2v) is 5.19. The summed E-state index contributed by atoms with van der Waals surface area (Å²) in [5, 5.41) is 5.78. The first-order valence-electron chi connectivity index (χ1n) is 7.16. The van der Waals surface area contributed by atoms with Crippen molar-refractivity contribution in [1.29, 1.82) is 0 Å². The van der Waals surface area contributed by atoms with Gasteiger partial charge < -0.3 is 10.6 Å². The highest BCUT2D eigenvalue weighted by Crippen LogP contribution is 2.06. The molecule has 2 rings (SSSR count). The largest absolute Gasteiger partial charge is 0.352 e. The van der Waals surface area contributed by atoms with E-state index in [9.17, 15) is 9.18 Å². The van der Waals surface area contributed by atoms with Gasteiger partial charge in [-0.1, -0.05) is 18.2 Å². The van der Waals surface area contributed by atoms with E-state index in [0.29, 0.717) is 30.0 Å². The summed E-state index contributed by atoms with van der Waals surface area (Å²) >= 11 is 0. The maximum atomic E-state index is 13.4. The van der Waals surface area contributed by atoms with E-state index in [1.165, 1.54) is 18.5 Å². The molecule has 1 heterocycles. The first-order chi connectivity index (χ1) is 10.6. The number of nitrogens with zero attached hydrogens (tertiary/aromatic N) is 2. The van der Waals surface area contributed by atoms with Crippen molar-refractivity contribution >= 4 is 11.9 Å². The standard InChI is InChI=1S/C16H19FN4O/c1-11(2)21-16-19-9-13(10-20-16)15(22)18-8-7-12-5-3-4-6-14(12)17/h3-6,9-11H,7-8H2,1-2H3,(H,18,22)(H,19,20,21). The van der Waals surface area contributed by atoms with Gasteiger partial charge in [-0.2, -0.15) is 0 Å². The molecule has 0 fully saturated rings. The molecule has 22 heavy (non-hydrogen) atoms. The monoisotopic (exact) mass is 302 g/mol. The van der Waals surface area contributed by atoms with E-state index >= 15 is 0 Å². The van der Waals surface area contributed by atoms with Gasteiger partial charge >= 0.3 is 0 Å². The lowest BCUT2D eigenvalue weighted by molar-refractivity contribution is 0.0953. The number of hydrogen-bond acceptors (Lipinski definition) is 4. The number of rotatable bonds is 6. The predicted molar refractivity (Wildman–Crippen MR) is 83.2 cm³/mol. The fraction of sp³-hybridized carbons (Fsp3) is 0.312. The maximum Gasteiger partial charge on any atom is 0.254 e. The van der Waals surface area contributed by atoms with Crippen LogP contribution in [0.3, 0.4) is 0 Å². The minimum atomic E-state index is -0.271. The van der Waals surface area contributed by atoms with Crippen LogP contribution in [0.25, 0.3) is 0 Å². The van der Waals surface area contributed by atoms with Crippen molar-refractivity contribution in [3.63, 3.8) is 0 Å². The topological polar surface area (TPSA) is 66.9 Å². The highest BCUT2D eigenvalue weighted by atomic mass is 19.1. The molecular weight excluding hydrogens is 283 g/mol. The molecule has 0 spiro atoms. The third kappa shape index (κ3) is 4.51. The third-order valence-electron chi connectivity index (χ3n) is 2.97. The van der Waals surface area contributed by atoms with Crippen molar-refractivity contribution in [3.8, 4) is 0 Å². The molecule has 0 aliphatic rings. The Morgan fingerprint density at radius 3 is 2.55 bits per heavy atom. The highest BCUT2D eigenvalue weighted by molar-refractivity contribution is 5.93. The third-order valence-corrected chi connectivity index (χ3v) is 2.97. The van der Waals surface area contributed by atoms with E-state index in [1.807, 2.05) is 13.8 Å². The minimum Gasteiger partial charge on any atom is -0.352 e. The summed E-state index contributed by atoms with van der Waals surface area (Å²) in [6.07, 6.45) is 3.37. The number of amides is 1. The van der Waals surface area contributed by atoms with Crippen LogP contribution in [0.1, 0.15) is 29.8 Å². The van der Waals surface area contributed by atoms with Gasteiger partial charge in [0.15, 0.2) is 0 Å². The molecule has 0 aliphatic heterocycles. The van der Waals surface area contributed by atoms with E-state index in [4.69, 9.17) is 0 Å². The van der Waals surface area contributed by atoms with E-state index in [1.54, 1.807) is 18.2 Å². The first kappa shape index (κ1) is 15.9. The molecule has 0 unspecified atom stereocenters. The van der Waals surface area contributed by atoms with E-state index in [-0.39, 0.29) is 17.8 Å². The van der Waals surface area contributed by atoms with E-state index in [0.717, 1.165) is 0 Å². The Morgan fingerprint density at radius 1 is 1.23 bits per heavy atom. The van der Waals surface area contributed by atoms with Gasteiger partial charge in [-0.3, -0.25) is 4.79 Å². The maximum absolute atomic E-state index is 13.4. The van der Waals surface area contributed by atoms with Crippen LogP contribution in [0.5, 0.6) is 0 Å². The molecule has 2 aromatic rings. The van der Waals surface area contributed by atoms with Crippen LogP contribution < -0.4 is 10.6 Å². The lowest BCUT2D eigenvalue weighted by Gasteiger charge is -2.08. The van der Waals surface area contributed by atoms with Gasteiger partial charge in [0.2, 0.25) is 5.95 Å². The van der Waals surface area contributed by atoms with Crippen molar-refractivity contribution in [2.24, 2.45) is 0 Å². The quantitative estimate of drug-likeness (QED) is 0.860. The Labute approximate surface area is 129 Å². The SMILES string of the molecule is CC(C)Nc1ncc(C(=O)NCCc2ccccc2F)cn1. The molecule has 0 saturated carbocycles. The summed E-state index contributed by atoms with van der Waals surface area (Å²) in [6.45, 7) is 4.31. The number of nitrogens with one attached hydrogen (secondary N) is 2. The smallest absolute Gasteiger partial charge is 0.254 e. The number of hydrogen-bond donors (Lipinski definition) is 2. The highest BCUT2D eigenvalue weighted by Gasteiger charge is 2.08. The summed E-state index contributed by atoms with van der Waals surface area (Å²) in [5.74, 6) is -0.0467. The molecule has 0 saturated heterocycles. The number of anilines is 1. The molecule has 0 aliphatic carbocycles. The summed E-state index contributed by atoms with van der Waals surface area (Å²) in [4.78, 5) is 20.1. The number of benzene rings is 1. The summed E-state index contributed by atoms with van der Waals surface area (Å²) in [7, 11) is 0. The van der Waals surface area contributed by atoms with Crippen LogP contribution in [0, 0.1) is 5.82 Å². The van der Waals surface area contributed by atoms with Crippen molar-refractivity contribution in [2.45, 2.75) is 26.3 Å². The van der Waals surface area contributed by atoms with Gasteiger partial charge in [0, 0.05) is 25.0 Å². The molecule has 116 valence electrons. The number of aromatic nitrogens is 2. The van der Waals surface area contributed by atoms with Gasteiger partial charge in [-0.15, -0.1) is 0 Å². The summed E-state index contributed by atoms with van der Waals surface area (Å²) in [6, 6.07) is 6.75. The molecule has 1 aromatic heterocycles. The second kappa shape index (κ2) is 7.49. The number of carbonyl (C=O) groups is 1. The van der Waals surface area contributed by atoms with Crippen LogP contribution in [0.15, 0.2) is 36.7 Å². The minimum absolute atomic E-state index is 0.223. The zero-order chi connectivity index (χ0) is 15.9. The fourth-order valence-electron chi connectivity index (χ4n) is 1.89. The molecule has 0 atom stereocenters. The Bertz CT molecular complexity index is 628. The Morgan fingerprint density at radius 2 is 1.91 bits per heavy atom. The Kier molecular flexibility index (Phi) is 5.41. The molecule has 6 heteroatoms. The zero-order valence-electron chi connectivity index (χ0n) is 12.6. The lowest BCUT2D eigenvalue weighted by atomic mass is 10.1. The average molecular weight is 302 g/mol. The van der Waals surface area contributed by atoms with Crippen LogP contribution >= 0.6 is 0 Å². The molecule has 1 aromatic carbocycles. The van der Waals surface area contributed by atoms with Crippen LogP contribution in [-0.4, -0.2) is 28.5 Å². The predicted octanol–water partition coefficient (Wildman–Crippen LogP) is 2.41. The average Bonchev–Trinajstić information content (AvgIpc) is 2.49. The van der Waals surface area contributed by atoms with Crippen LogP contribution in [0.4, 0.5) is 10.3 Å². The van der Waals surface area contributed by atoms with E-state index in [2.05, 4.69) is 20.6 Å².